The van der Waals surface area contributed by atoms with Gasteiger partial charge in [-0.1, -0.05) is 18.2 Å². The highest BCUT2D eigenvalue weighted by atomic mass is 32.1. The number of hydrogen-bond acceptors (Lipinski definition) is 6. The first-order chi connectivity index (χ1) is 13.7. The van der Waals surface area contributed by atoms with E-state index in [9.17, 15) is 18.0 Å². The van der Waals surface area contributed by atoms with E-state index >= 15 is 0 Å². The molecule has 0 spiro atoms. The van der Waals surface area contributed by atoms with Gasteiger partial charge in [-0.25, -0.2) is 9.78 Å². The Kier molecular flexibility index (Phi) is 5.83. The lowest BCUT2D eigenvalue weighted by Crippen LogP contribution is -2.10. The molecule has 150 valence electrons. The predicted octanol–water partition coefficient (Wildman–Crippen LogP) is 5.44. The van der Waals surface area contributed by atoms with Crippen LogP contribution in [-0.4, -0.2) is 21.8 Å². The fourth-order valence-corrected chi connectivity index (χ4v) is 3.04. The number of aliphatic carboxylic acids is 1. The Balaban J connectivity index is 1.76. The molecular weight excluding hydrogens is 405 g/mol. The van der Waals surface area contributed by atoms with Gasteiger partial charge in [0.05, 0.1) is 16.9 Å². The van der Waals surface area contributed by atoms with Gasteiger partial charge in [0.25, 0.3) is 0 Å². The molecule has 10 heteroatoms. The first kappa shape index (κ1) is 20.3. The summed E-state index contributed by atoms with van der Waals surface area (Å²) in [6, 6.07) is 11.9. The van der Waals surface area contributed by atoms with Crippen molar-refractivity contribution < 1.29 is 23.1 Å². The van der Waals surface area contributed by atoms with Gasteiger partial charge in [-0.15, -0.1) is 11.3 Å². The van der Waals surface area contributed by atoms with E-state index in [1.165, 1.54) is 30.4 Å². The molecule has 0 unspecified atom stereocenters. The first-order valence-corrected chi connectivity index (χ1v) is 9.14. The molecule has 1 aromatic heterocycles. The van der Waals surface area contributed by atoms with Gasteiger partial charge in [0.2, 0.25) is 0 Å². The molecule has 0 radical (unpaired) electrons. The summed E-state index contributed by atoms with van der Waals surface area (Å²) in [4.78, 5) is 15.2. The van der Waals surface area contributed by atoms with Gasteiger partial charge in [-0.3, -0.25) is 5.43 Å². The van der Waals surface area contributed by atoms with Gasteiger partial charge in [-0.2, -0.15) is 18.3 Å². The van der Waals surface area contributed by atoms with Crippen LogP contribution in [0, 0.1) is 0 Å². The van der Waals surface area contributed by atoms with Gasteiger partial charge in [0.1, 0.15) is 5.71 Å². The lowest BCUT2D eigenvalue weighted by Gasteiger charge is -2.09. The molecule has 3 N–H and O–H groups in total. The number of carboxylic acids is 1. The molecule has 1 heterocycles. The molecule has 0 bridgehead atoms. The highest BCUT2D eigenvalue weighted by Gasteiger charge is 2.30. The van der Waals surface area contributed by atoms with E-state index in [1.54, 1.807) is 23.6 Å². The minimum Gasteiger partial charge on any atom is -0.477 e. The topological polar surface area (TPSA) is 86.6 Å². The molecular formula is C19H15F3N4O2S. The van der Waals surface area contributed by atoms with E-state index in [1.807, 2.05) is 6.07 Å². The van der Waals surface area contributed by atoms with Crippen LogP contribution in [0.5, 0.6) is 0 Å². The molecule has 6 nitrogen and oxygen atoms in total. The third-order valence-electron chi connectivity index (χ3n) is 3.77. The minimum atomic E-state index is -4.42. The summed E-state index contributed by atoms with van der Waals surface area (Å²) in [6.45, 7) is 1.37. The smallest absolute Gasteiger partial charge is 0.416 e. The van der Waals surface area contributed by atoms with Crippen molar-refractivity contribution in [1.82, 2.24) is 4.98 Å². The molecule has 3 rings (SSSR count). The highest BCUT2D eigenvalue weighted by Crippen LogP contribution is 2.33. The maximum Gasteiger partial charge on any atom is 0.416 e. The van der Waals surface area contributed by atoms with Crippen molar-refractivity contribution in [1.29, 1.82) is 0 Å². The Morgan fingerprint density at radius 2 is 1.86 bits per heavy atom. The molecule has 0 aliphatic carbocycles. The number of carboxylic acid groups (broad SMARTS) is 1. The second-order valence-corrected chi connectivity index (χ2v) is 6.79. The second-order valence-electron chi connectivity index (χ2n) is 5.94. The van der Waals surface area contributed by atoms with Crippen molar-refractivity contribution in [2.75, 3.05) is 10.7 Å². The van der Waals surface area contributed by atoms with Crippen molar-refractivity contribution >= 4 is 39.5 Å². The number of benzene rings is 2. The average Bonchev–Trinajstić information content (AvgIpc) is 3.14. The molecule has 29 heavy (non-hydrogen) atoms. The van der Waals surface area contributed by atoms with Crippen LogP contribution in [0.25, 0.3) is 11.3 Å². The average molecular weight is 420 g/mol. The van der Waals surface area contributed by atoms with Crippen molar-refractivity contribution in [3.8, 4) is 11.3 Å². The van der Waals surface area contributed by atoms with Crippen LogP contribution in [-0.2, 0) is 11.0 Å². The fourth-order valence-electron chi connectivity index (χ4n) is 2.30. The number of alkyl halides is 3. The van der Waals surface area contributed by atoms with Gasteiger partial charge in [0, 0.05) is 16.6 Å². The number of hydrazone groups is 1. The summed E-state index contributed by atoms with van der Waals surface area (Å²) in [7, 11) is 0. The van der Waals surface area contributed by atoms with E-state index in [2.05, 4.69) is 20.8 Å². The summed E-state index contributed by atoms with van der Waals surface area (Å²) in [6.07, 6.45) is -4.42. The van der Waals surface area contributed by atoms with E-state index in [0.29, 0.717) is 16.5 Å². The Morgan fingerprint density at radius 3 is 2.59 bits per heavy atom. The Morgan fingerprint density at radius 1 is 1.14 bits per heavy atom. The lowest BCUT2D eigenvalue weighted by molar-refractivity contribution is -0.137. The molecule has 0 atom stereocenters. The van der Waals surface area contributed by atoms with Crippen LogP contribution in [0.2, 0.25) is 0 Å². The Labute approximate surface area is 167 Å². The standard InChI is InChI=1S/C19H15F3N4O2S/c1-11(17(27)28)25-26-15-7-2-4-12(8-15)16-10-29-18(24-16)23-14-6-3-5-13(9-14)19(20,21)22/h2-10,26H,1H3,(H,23,24)(H,27,28)/b25-11+. The molecule has 0 amide bonds. The predicted molar refractivity (Wildman–Crippen MR) is 107 cm³/mol. The second kappa shape index (κ2) is 8.31. The van der Waals surface area contributed by atoms with Gasteiger partial charge in [0.15, 0.2) is 5.13 Å². The van der Waals surface area contributed by atoms with E-state index in [-0.39, 0.29) is 11.4 Å². The van der Waals surface area contributed by atoms with E-state index in [0.717, 1.165) is 17.7 Å². The SMILES string of the molecule is C/C(=N\Nc1cccc(-c2csc(Nc3cccc(C(F)(F)F)c3)n2)c1)C(=O)O. The Hall–Kier alpha value is -3.40. The number of nitrogens with one attached hydrogen (secondary N) is 2. The maximum atomic E-state index is 12.8. The number of aromatic nitrogens is 1. The van der Waals surface area contributed by atoms with Crippen LogP contribution >= 0.6 is 11.3 Å². The summed E-state index contributed by atoms with van der Waals surface area (Å²) < 4.78 is 38.5. The van der Waals surface area contributed by atoms with Crippen LogP contribution < -0.4 is 10.7 Å². The molecule has 0 fully saturated rings. The maximum absolute atomic E-state index is 12.8. The van der Waals surface area contributed by atoms with Crippen molar-refractivity contribution in [2.24, 2.45) is 5.10 Å². The zero-order chi connectivity index (χ0) is 21.0. The Bertz CT molecular complexity index is 1060. The number of carbonyl (C=O) groups is 1. The van der Waals surface area contributed by atoms with E-state index in [4.69, 9.17) is 5.11 Å². The lowest BCUT2D eigenvalue weighted by atomic mass is 10.1. The zero-order valence-corrected chi connectivity index (χ0v) is 15.8. The number of halogens is 3. The van der Waals surface area contributed by atoms with Crippen LogP contribution in [0.15, 0.2) is 59.0 Å². The number of anilines is 3. The number of hydrogen-bond donors (Lipinski definition) is 3. The quantitative estimate of drug-likeness (QED) is 0.365. The van der Waals surface area contributed by atoms with Crippen molar-refractivity contribution in [2.45, 2.75) is 13.1 Å². The van der Waals surface area contributed by atoms with Crippen LogP contribution in [0.4, 0.5) is 29.7 Å². The summed E-state index contributed by atoms with van der Waals surface area (Å²) >= 11 is 1.25. The molecule has 0 saturated carbocycles. The fraction of sp³-hybridized carbons (Fsp3) is 0.105. The highest BCUT2D eigenvalue weighted by molar-refractivity contribution is 7.14. The number of rotatable bonds is 6. The first-order valence-electron chi connectivity index (χ1n) is 8.26. The zero-order valence-electron chi connectivity index (χ0n) is 15.0. The van der Waals surface area contributed by atoms with Crippen LogP contribution in [0.3, 0.4) is 0 Å². The summed E-state index contributed by atoms with van der Waals surface area (Å²) in [5, 5.41) is 17.7. The molecule has 0 saturated heterocycles. The van der Waals surface area contributed by atoms with Gasteiger partial charge < -0.3 is 10.4 Å². The normalized spacial score (nSPS) is 11.9. The number of thiazole rings is 1. The monoisotopic (exact) mass is 420 g/mol. The molecule has 3 aromatic rings. The largest absolute Gasteiger partial charge is 0.477 e. The summed E-state index contributed by atoms with van der Waals surface area (Å²) in [5.41, 5.74) is 4.06. The third kappa shape index (κ3) is 5.32. The molecule has 0 aliphatic heterocycles. The van der Waals surface area contributed by atoms with E-state index < -0.39 is 17.7 Å². The molecule has 0 aliphatic rings. The van der Waals surface area contributed by atoms with Gasteiger partial charge >= 0.3 is 12.1 Å². The summed E-state index contributed by atoms with van der Waals surface area (Å²) in [5.74, 6) is -1.13. The molecule has 2 aromatic carbocycles. The van der Waals surface area contributed by atoms with Crippen molar-refractivity contribution in [3.05, 3.63) is 59.5 Å². The van der Waals surface area contributed by atoms with Crippen molar-refractivity contribution in [3.63, 3.8) is 0 Å². The number of nitrogens with zero attached hydrogens (tertiary/aromatic N) is 2. The van der Waals surface area contributed by atoms with Crippen LogP contribution in [0.1, 0.15) is 12.5 Å². The van der Waals surface area contributed by atoms with Gasteiger partial charge in [-0.05, 0) is 37.3 Å². The third-order valence-corrected chi connectivity index (χ3v) is 4.52. The minimum absolute atomic E-state index is 0.0864.